The van der Waals surface area contributed by atoms with Crippen LogP contribution in [0.5, 0.6) is 0 Å². The third-order valence-electron chi connectivity index (χ3n) is 11.9. The standard InChI is InChI=1S/C18H24O6.C16H22O5.C4H6O3/c1-11(19)23-9-8-13-14(20)10-18(16(22)24-17(13,18)2)15(21)12-6-4-3-5-7-12;1-15-11(7-8-17)12(18)9-16(15,14(20)21-15)13(19)10-5-3-2-4-6-10;1-3(5)7-4(2)6/h4,6,12-13,15,21H,3,5,7-10H2,1-2H3;3,5,10-11,13,17,19H,2,4,6-9H2,1H3;1-2H3/t12-,13+,15+,17+,18-;10-,11+,13+,15+,16-;/m11./s1. The van der Waals surface area contributed by atoms with Crippen molar-refractivity contribution >= 4 is 41.4 Å². The predicted molar refractivity (Wildman–Crippen MR) is 180 cm³/mol. The first-order valence-electron chi connectivity index (χ1n) is 18.1. The van der Waals surface area contributed by atoms with Gasteiger partial charge in [-0.1, -0.05) is 24.3 Å². The zero-order chi connectivity index (χ0) is 38.6. The lowest BCUT2D eigenvalue weighted by molar-refractivity contribution is -0.264. The van der Waals surface area contributed by atoms with Gasteiger partial charge >= 0.3 is 29.8 Å². The first-order valence-corrected chi connectivity index (χ1v) is 18.1. The predicted octanol–water partition coefficient (Wildman–Crippen LogP) is 2.62. The van der Waals surface area contributed by atoms with Crippen molar-refractivity contribution in [2.45, 2.75) is 122 Å². The second-order valence-corrected chi connectivity index (χ2v) is 15.0. The summed E-state index contributed by atoms with van der Waals surface area (Å²) >= 11 is 0. The number of aliphatic hydroxyl groups excluding tert-OH is 3. The van der Waals surface area contributed by atoms with Crippen LogP contribution in [0.3, 0.4) is 0 Å². The lowest BCUT2D eigenvalue weighted by atomic mass is 9.60. The number of ketones is 2. The second-order valence-electron chi connectivity index (χ2n) is 15.0. The highest BCUT2D eigenvalue weighted by atomic mass is 16.6. The Morgan fingerprint density at radius 1 is 0.750 bits per heavy atom. The van der Waals surface area contributed by atoms with Gasteiger partial charge in [0.2, 0.25) is 0 Å². The van der Waals surface area contributed by atoms with E-state index in [9.17, 15) is 43.8 Å². The molecule has 0 aromatic rings. The van der Waals surface area contributed by atoms with Gasteiger partial charge in [-0.05, 0) is 65.2 Å². The molecule has 4 aliphatic carbocycles. The third kappa shape index (κ3) is 7.13. The fourth-order valence-corrected chi connectivity index (χ4v) is 9.23. The monoisotopic (exact) mass is 732 g/mol. The number of esters is 5. The van der Waals surface area contributed by atoms with E-state index in [-0.39, 0.29) is 55.9 Å². The summed E-state index contributed by atoms with van der Waals surface area (Å²) < 4.78 is 19.7. The number of carbonyl (C=O) groups excluding carboxylic acids is 7. The molecule has 0 radical (unpaired) electrons. The van der Waals surface area contributed by atoms with E-state index in [1.807, 2.05) is 24.3 Å². The molecule has 288 valence electrons. The Hall–Kier alpha value is -3.75. The first-order chi connectivity index (χ1) is 24.4. The molecule has 0 unspecified atom stereocenters. The van der Waals surface area contributed by atoms with Gasteiger partial charge in [0.25, 0.3) is 0 Å². The fraction of sp³-hybridized carbons (Fsp3) is 0.711. The van der Waals surface area contributed by atoms with Crippen molar-refractivity contribution in [1.29, 1.82) is 0 Å². The minimum atomic E-state index is -1.17. The molecule has 3 N–H and O–H groups in total. The SMILES string of the molecule is CC(=O)OC(C)=O.CC(=O)OCC[C@H]1C(=O)C[C@@]2([C@@H](O)[C@@H]3C=CCCC3)C(=O)O[C@@]12C.C[C@@]12OC(=O)[C@]1([C@@H](O)[C@@H]1C=CCCC1)CC(=O)[C@@H]2CCO. The van der Waals surface area contributed by atoms with Gasteiger partial charge in [0.1, 0.15) is 33.6 Å². The van der Waals surface area contributed by atoms with Gasteiger partial charge in [0.05, 0.1) is 30.7 Å². The quantitative estimate of drug-likeness (QED) is 0.134. The van der Waals surface area contributed by atoms with Crippen molar-refractivity contribution in [3.05, 3.63) is 24.3 Å². The maximum absolute atomic E-state index is 12.6. The van der Waals surface area contributed by atoms with Crippen LogP contribution in [0.2, 0.25) is 0 Å². The third-order valence-corrected chi connectivity index (χ3v) is 11.9. The molecule has 2 aliphatic heterocycles. The molecule has 0 amide bonds. The number of hydrogen-bond donors (Lipinski definition) is 3. The average Bonchev–Trinajstić information content (AvgIpc) is 3.37. The second kappa shape index (κ2) is 16.1. The van der Waals surface area contributed by atoms with Gasteiger partial charge in [0.15, 0.2) is 0 Å². The van der Waals surface area contributed by atoms with Crippen molar-refractivity contribution in [1.82, 2.24) is 0 Å². The fourth-order valence-electron chi connectivity index (χ4n) is 9.23. The van der Waals surface area contributed by atoms with Crippen molar-refractivity contribution in [2.24, 2.45) is 34.5 Å². The lowest BCUT2D eigenvalue weighted by Crippen LogP contribution is -2.70. The summed E-state index contributed by atoms with van der Waals surface area (Å²) in [7, 11) is 0. The van der Waals surface area contributed by atoms with Crippen molar-refractivity contribution < 1.29 is 67.8 Å². The number of fused-ring (bicyclic) bond motifs is 2. The van der Waals surface area contributed by atoms with Crippen LogP contribution in [-0.4, -0.2) is 93.4 Å². The molecular formula is C38H52O14. The molecule has 2 saturated heterocycles. The average molecular weight is 733 g/mol. The Balaban J connectivity index is 0.000000198. The molecule has 10 atom stereocenters. The molecule has 6 aliphatic rings. The van der Waals surface area contributed by atoms with Crippen LogP contribution in [0.25, 0.3) is 0 Å². The molecular weight excluding hydrogens is 680 g/mol. The maximum atomic E-state index is 12.6. The summed E-state index contributed by atoms with van der Waals surface area (Å²) in [6.45, 7) is 7.12. The Labute approximate surface area is 303 Å². The number of aliphatic hydroxyl groups is 3. The smallest absolute Gasteiger partial charge is 0.319 e. The largest absolute Gasteiger partial charge is 0.466 e. The highest BCUT2D eigenvalue weighted by molar-refractivity contribution is 6.01. The normalized spacial score (nSPS) is 36.5. The van der Waals surface area contributed by atoms with Crippen molar-refractivity contribution in [2.75, 3.05) is 13.2 Å². The lowest BCUT2D eigenvalue weighted by Gasteiger charge is -2.55. The van der Waals surface area contributed by atoms with Crippen LogP contribution in [0, 0.1) is 34.5 Å². The molecule has 6 rings (SSSR count). The van der Waals surface area contributed by atoms with Crippen LogP contribution in [0.1, 0.15) is 98.8 Å². The molecule has 14 heteroatoms. The Bertz CT molecular complexity index is 1490. The number of allylic oxidation sites excluding steroid dienone is 2. The highest BCUT2D eigenvalue weighted by Gasteiger charge is 2.79. The summed E-state index contributed by atoms with van der Waals surface area (Å²) in [5.74, 6) is -3.97. The summed E-state index contributed by atoms with van der Waals surface area (Å²) in [6.07, 6.45) is 12.3. The Morgan fingerprint density at radius 2 is 1.17 bits per heavy atom. The minimum absolute atomic E-state index is 0.00141. The summed E-state index contributed by atoms with van der Waals surface area (Å²) in [5.41, 5.74) is -4.30. The van der Waals surface area contributed by atoms with E-state index in [0.717, 1.165) is 38.5 Å². The van der Waals surface area contributed by atoms with Crippen molar-refractivity contribution in [3.8, 4) is 0 Å². The van der Waals surface area contributed by atoms with Crippen LogP contribution >= 0.6 is 0 Å². The van der Waals surface area contributed by atoms with Gasteiger partial charge in [-0.2, -0.15) is 0 Å². The van der Waals surface area contributed by atoms with E-state index in [1.165, 1.54) is 20.8 Å². The molecule has 2 heterocycles. The topological polar surface area (TPSA) is 217 Å². The number of carbonyl (C=O) groups is 7. The summed E-state index contributed by atoms with van der Waals surface area (Å²) in [4.78, 5) is 79.9. The Morgan fingerprint density at radius 3 is 1.48 bits per heavy atom. The summed E-state index contributed by atoms with van der Waals surface area (Å²) in [6, 6.07) is 0. The van der Waals surface area contributed by atoms with E-state index in [2.05, 4.69) is 4.74 Å². The number of ether oxygens (including phenoxy) is 4. The molecule has 0 spiro atoms. The minimum Gasteiger partial charge on any atom is -0.466 e. The molecule has 52 heavy (non-hydrogen) atoms. The van der Waals surface area contributed by atoms with Gasteiger partial charge in [-0.15, -0.1) is 0 Å². The van der Waals surface area contributed by atoms with Gasteiger partial charge < -0.3 is 34.3 Å². The zero-order valence-corrected chi connectivity index (χ0v) is 30.6. The van der Waals surface area contributed by atoms with E-state index in [4.69, 9.17) is 19.3 Å². The Kier molecular flexibility index (Phi) is 12.7. The first kappa shape index (κ1) is 41.0. The van der Waals surface area contributed by atoms with E-state index in [1.54, 1.807) is 13.8 Å². The van der Waals surface area contributed by atoms with Crippen molar-refractivity contribution in [3.63, 3.8) is 0 Å². The molecule has 0 bridgehead atoms. The van der Waals surface area contributed by atoms with Crippen LogP contribution < -0.4 is 0 Å². The molecule has 0 aromatic heterocycles. The molecule has 4 fully saturated rings. The van der Waals surface area contributed by atoms with E-state index in [0.29, 0.717) is 6.42 Å². The van der Waals surface area contributed by atoms with E-state index < -0.39 is 75.9 Å². The number of hydrogen-bond acceptors (Lipinski definition) is 14. The molecule has 0 aromatic carbocycles. The van der Waals surface area contributed by atoms with Gasteiger partial charge in [-0.25, -0.2) is 0 Å². The van der Waals surface area contributed by atoms with Crippen LogP contribution in [-0.2, 0) is 52.5 Å². The van der Waals surface area contributed by atoms with Crippen LogP contribution in [0.15, 0.2) is 24.3 Å². The number of rotatable bonds is 9. The summed E-state index contributed by atoms with van der Waals surface area (Å²) in [5, 5.41) is 30.9. The zero-order valence-electron chi connectivity index (χ0n) is 30.6. The van der Waals surface area contributed by atoms with E-state index >= 15 is 0 Å². The van der Waals surface area contributed by atoms with Crippen LogP contribution in [0.4, 0.5) is 0 Å². The molecule has 2 saturated carbocycles. The highest BCUT2D eigenvalue weighted by Crippen LogP contribution is 2.64. The number of Topliss-reactive ketones (excluding diaryl/α,β-unsaturated/α-hetero) is 2. The molecule has 14 nitrogen and oxygen atoms in total. The van der Waals surface area contributed by atoms with Gasteiger partial charge in [-0.3, -0.25) is 33.6 Å². The maximum Gasteiger partial charge on any atom is 0.319 e. The van der Waals surface area contributed by atoms with Gasteiger partial charge in [0, 0.05) is 52.1 Å².